The summed E-state index contributed by atoms with van der Waals surface area (Å²) < 4.78 is 2.29. The van der Waals surface area contributed by atoms with E-state index >= 15 is 0 Å². The molecule has 3 rings (SSSR count). The van der Waals surface area contributed by atoms with Crippen molar-refractivity contribution in [2.24, 2.45) is 0 Å². The molecule has 2 aromatic rings. The van der Waals surface area contributed by atoms with Crippen LogP contribution in [0.4, 0.5) is 0 Å². The molecule has 3 nitrogen and oxygen atoms in total. The Morgan fingerprint density at radius 3 is 2.90 bits per heavy atom. The van der Waals surface area contributed by atoms with Crippen LogP contribution in [0.5, 0.6) is 0 Å². The number of imidazole rings is 1. The smallest absolute Gasteiger partial charge is 0.122 e. The summed E-state index contributed by atoms with van der Waals surface area (Å²) in [4.78, 5) is 5.94. The third-order valence-electron chi connectivity index (χ3n) is 3.69. The Kier molecular flexibility index (Phi) is 4.09. The second-order valence-electron chi connectivity index (χ2n) is 6.65. The molecule has 0 fully saturated rings. The molecule has 0 radical (unpaired) electrons. The minimum Gasteiger partial charge on any atom is -0.333 e. The van der Waals surface area contributed by atoms with Crippen LogP contribution in [0.25, 0.3) is 0 Å². The fraction of sp³-hybridized carbons (Fsp3) is 0.471. The lowest BCUT2D eigenvalue weighted by atomic mass is 10.1. The number of nitrogens with zero attached hydrogens (tertiary/aromatic N) is 2. The molecule has 1 unspecified atom stereocenters. The first-order valence-corrected chi connectivity index (χ1v) is 8.39. The second kappa shape index (κ2) is 5.85. The predicted octanol–water partition coefficient (Wildman–Crippen LogP) is 3.49. The predicted molar refractivity (Wildman–Crippen MR) is 88.6 cm³/mol. The minimum atomic E-state index is 0.120. The van der Waals surface area contributed by atoms with Gasteiger partial charge in [0, 0.05) is 34.6 Å². The van der Waals surface area contributed by atoms with Gasteiger partial charge in [-0.15, -0.1) is 11.8 Å². The van der Waals surface area contributed by atoms with Gasteiger partial charge in [0.25, 0.3) is 0 Å². The summed E-state index contributed by atoms with van der Waals surface area (Å²) >= 11 is 2.00. The van der Waals surface area contributed by atoms with Gasteiger partial charge in [-0.2, -0.15) is 0 Å². The van der Waals surface area contributed by atoms with Gasteiger partial charge >= 0.3 is 0 Å². The van der Waals surface area contributed by atoms with Crippen LogP contribution in [0.2, 0.25) is 0 Å². The third kappa shape index (κ3) is 3.69. The van der Waals surface area contributed by atoms with Crippen molar-refractivity contribution in [2.45, 2.75) is 56.0 Å². The highest BCUT2D eigenvalue weighted by molar-refractivity contribution is 8.00. The fourth-order valence-corrected chi connectivity index (χ4v) is 3.91. The van der Waals surface area contributed by atoms with Crippen LogP contribution in [0.1, 0.15) is 32.2 Å². The molecule has 1 atom stereocenters. The number of benzene rings is 1. The maximum atomic E-state index is 4.50. The van der Waals surface area contributed by atoms with Crippen molar-refractivity contribution in [1.82, 2.24) is 14.9 Å². The van der Waals surface area contributed by atoms with E-state index in [-0.39, 0.29) is 5.54 Å². The number of rotatable bonds is 4. The van der Waals surface area contributed by atoms with Crippen LogP contribution in [0, 0.1) is 0 Å². The highest BCUT2D eigenvalue weighted by Gasteiger charge is 2.22. The molecule has 1 aromatic carbocycles. The molecule has 0 aliphatic carbocycles. The van der Waals surface area contributed by atoms with Crippen molar-refractivity contribution < 1.29 is 0 Å². The number of thioether (sulfide) groups is 1. The molecular formula is C17H23N3S. The van der Waals surface area contributed by atoms with E-state index in [1.165, 1.54) is 10.5 Å². The Morgan fingerprint density at radius 1 is 1.33 bits per heavy atom. The van der Waals surface area contributed by atoms with Crippen LogP contribution >= 0.6 is 11.8 Å². The molecule has 2 heterocycles. The summed E-state index contributed by atoms with van der Waals surface area (Å²) in [7, 11) is 0. The van der Waals surface area contributed by atoms with E-state index in [0.29, 0.717) is 5.25 Å². The molecule has 1 N–H and O–H groups in total. The maximum Gasteiger partial charge on any atom is 0.122 e. The maximum absolute atomic E-state index is 4.50. The Labute approximate surface area is 131 Å². The zero-order valence-electron chi connectivity index (χ0n) is 13.0. The second-order valence-corrected chi connectivity index (χ2v) is 7.99. The lowest BCUT2D eigenvalue weighted by Gasteiger charge is -2.21. The van der Waals surface area contributed by atoms with E-state index in [1.807, 2.05) is 18.0 Å². The zero-order chi connectivity index (χ0) is 14.9. The van der Waals surface area contributed by atoms with Gasteiger partial charge in [-0.05, 0) is 38.8 Å². The van der Waals surface area contributed by atoms with Gasteiger partial charge in [0.05, 0.1) is 6.54 Å². The first-order valence-electron chi connectivity index (χ1n) is 7.51. The van der Waals surface area contributed by atoms with Gasteiger partial charge in [-0.1, -0.05) is 18.2 Å². The summed E-state index contributed by atoms with van der Waals surface area (Å²) in [6.07, 6.45) is 5.17. The van der Waals surface area contributed by atoms with Crippen LogP contribution in [0.3, 0.4) is 0 Å². The van der Waals surface area contributed by atoms with E-state index in [9.17, 15) is 0 Å². The summed E-state index contributed by atoms with van der Waals surface area (Å²) in [5, 5.41) is 4.13. The topological polar surface area (TPSA) is 29.9 Å². The molecule has 1 aliphatic rings. The van der Waals surface area contributed by atoms with Crippen LogP contribution in [-0.4, -0.2) is 20.3 Å². The van der Waals surface area contributed by atoms with Crippen molar-refractivity contribution in [3.8, 4) is 0 Å². The quantitative estimate of drug-likeness (QED) is 0.937. The molecular weight excluding hydrogens is 278 g/mol. The first kappa shape index (κ1) is 14.7. The van der Waals surface area contributed by atoms with Crippen molar-refractivity contribution in [3.63, 3.8) is 0 Å². The van der Waals surface area contributed by atoms with Crippen molar-refractivity contribution in [3.05, 3.63) is 48.0 Å². The van der Waals surface area contributed by atoms with Crippen molar-refractivity contribution in [1.29, 1.82) is 0 Å². The average molecular weight is 301 g/mol. The molecule has 0 saturated heterocycles. The number of nitrogens with one attached hydrogen (secondary N) is 1. The fourth-order valence-electron chi connectivity index (χ4n) is 2.59. The zero-order valence-corrected chi connectivity index (χ0v) is 13.8. The number of aromatic nitrogens is 2. The van der Waals surface area contributed by atoms with Crippen LogP contribution < -0.4 is 5.32 Å². The summed E-state index contributed by atoms with van der Waals surface area (Å²) in [5.74, 6) is 1.13. The number of hydrogen-bond donors (Lipinski definition) is 1. The lowest BCUT2D eigenvalue weighted by molar-refractivity contribution is 0.411. The Morgan fingerprint density at radius 2 is 2.14 bits per heavy atom. The highest BCUT2D eigenvalue weighted by Crippen LogP contribution is 2.37. The molecule has 0 bridgehead atoms. The third-order valence-corrected chi connectivity index (χ3v) is 4.99. The Hall–Kier alpha value is -1.26. The minimum absolute atomic E-state index is 0.120. The van der Waals surface area contributed by atoms with E-state index < -0.39 is 0 Å². The molecule has 0 amide bonds. The van der Waals surface area contributed by atoms with Gasteiger partial charge < -0.3 is 9.88 Å². The Bertz CT molecular complexity index is 587. The summed E-state index contributed by atoms with van der Waals surface area (Å²) in [5.41, 5.74) is 1.61. The molecule has 1 aromatic heterocycles. The standard InChI is InChI=1S/C17H23N3S/c1-17(2,3)19-11-16-18-8-9-20(16)12-14-10-13-6-4-5-7-15(13)21-14/h4-9,14,19H,10-12H2,1-3H3. The molecule has 112 valence electrons. The average Bonchev–Trinajstić information content (AvgIpc) is 3.01. The van der Waals surface area contributed by atoms with Crippen LogP contribution in [-0.2, 0) is 19.5 Å². The van der Waals surface area contributed by atoms with E-state index in [4.69, 9.17) is 0 Å². The monoisotopic (exact) mass is 301 g/mol. The molecule has 0 spiro atoms. The SMILES string of the molecule is CC(C)(C)NCc1nccn1CC1Cc2ccccc2S1. The Balaban J connectivity index is 1.63. The normalized spacial score (nSPS) is 18.0. The molecule has 4 heteroatoms. The largest absolute Gasteiger partial charge is 0.333 e. The number of hydrogen-bond acceptors (Lipinski definition) is 3. The van der Waals surface area contributed by atoms with E-state index in [2.05, 4.69) is 66.1 Å². The van der Waals surface area contributed by atoms with Crippen molar-refractivity contribution >= 4 is 11.8 Å². The van der Waals surface area contributed by atoms with E-state index in [1.54, 1.807) is 0 Å². The van der Waals surface area contributed by atoms with Gasteiger partial charge in [-0.3, -0.25) is 0 Å². The molecule has 1 aliphatic heterocycles. The summed E-state index contributed by atoms with van der Waals surface area (Å²) in [6.45, 7) is 8.40. The molecule has 0 saturated carbocycles. The van der Waals surface area contributed by atoms with Crippen molar-refractivity contribution in [2.75, 3.05) is 0 Å². The van der Waals surface area contributed by atoms with E-state index in [0.717, 1.165) is 25.3 Å². The number of fused-ring (bicyclic) bond motifs is 1. The van der Waals surface area contributed by atoms with Gasteiger partial charge in [0.2, 0.25) is 0 Å². The summed E-state index contributed by atoms with van der Waals surface area (Å²) in [6, 6.07) is 8.75. The first-order chi connectivity index (χ1) is 10.0. The lowest BCUT2D eigenvalue weighted by Crippen LogP contribution is -2.36. The van der Waals surface area contributed by atoms with Gasteiger partial charge in [0.15, 0.2) is 0 Å². The molecule has 21 heavy (non-hydrogen) atoms. The van der Waals surface area contributed by atoms with Gasteiger partial charge in [-0.25, -0.2) is 4.98 Å². The van der Waals surface area contributed by atoms with Gasteiger partial charge in [0.1, 0.15) is 5.82 Å². The van der Waals surface area contributed by atoms with Crippen LogP contribution in [0.15, 0.2) is 41.6 Å². The highest BCUT2D eigenvalue weighted by atomic mass is 32.2.